The van der Waals surface area contributed by atoms with Crippen LogP contribution in [0.4, 0.5) is 5.69 Å². The Bertz CT molecular complexity index is 1210. The minimum Gasteiger partial charge on any atom is -0.477 e. The van der Waals surface area contributed by atoms with Crippen molar-refractivity contribution in [3.05, 3.63) is 46.8 Å². The highest BCUT2D eigenvalue weighted by molar-refractivity contribution is 8.00. The molecule has 0 aliphatic carbocycles. The molecule has 4 rings (SSSR count). The van der Waals surface area contributed by atoms with E-state index < -0.39 is 35.2 Å². The maximum atomic E-state index is 12.7. The van der Waals surface area contributed by atoms with E-state index in [4.69, 9.17) is 16.3 Å². The highest BCUT2D eigenvalue weighted by atomic mass is 35.5. The summed E-state index contributed by atoms with van der Waals surface area (Å²) >= 11 is 7.30. The number of hydrogen-bond acceptors (Lipinski definition) is 8. The van der Waals surface area contributed by atoms with Crippen LogP contribution in [0.5, 0.6) is 0 Å². The number of hydrogen-bond donors (Lipinski definition) is 3. The third-order valence-corrected chi connectivity index (χ3v) is 6.73. The van der Waals surface area contributed by atoms with Crippen molar-refractivity contribution < 1.29 is 29.0 Å². The number of fused-ring (bicyclic) bond motifs is 2. The number of carboxylic acid groups (broad SMARTS) is 1. The van der Waals surface area contributed by atoms with Crippen LogP contribution in [0.25, 0.3) is 10.9 Å². The number of anilines is 1. The van der Waals surface area contributed by atoms with Gasteiger partial charge in [0, 0.05) is 40.5 Å². The number of carbonyl (C=O) groups is 4. The fourth-order valence-electron chi connectivity index (χ4n) is 3.66. The number of aromatic nitrogens is 1. The number of carboxylic acids is 1. The van der Waals surface area contributed by atoms with E-state index in [0.717, 1.165) is 10.3 Å². The number of rotatable bonds is 7. The van der Waals surface area contributed by atoms with Crippen molar-refractivity contribution >= 4 is 76.1 Å². The largest absolute Gasteiger partial charge is 0.477 e. The predicted octanol–water partition coefficient (Wildman–Crippen LogP) is 2.02. The van der Waals surface area contributed by atoms with Gasteiger partial charge in [-0.25, -0.2) is 4.79 Å². The van der Waals surface area contributed by atoms with Gasteiger partial charge in [0.25, 0.3) is 5.91 Å². The van der Waals surface area contributed by atoms with Crippen LogP contribution in [0.2, 0.25) is 5.02 Å². The molecule has 2 atom stereocenters. The first-order chi connectivity index (χ1) is 15.8. The number of β-lactam (4-membered cyclic amide) rings is 1. The topological polar surface area (TPSA) is 138 Å². The van der Waals surface area contributed by atoms with Crippen molar-refractivity contribution in [2.24, 2.45) is 0 Å². The normalized spacial score (nSPS) is 19.0. The number of thioether (sulfide) groups is 1. The van der Waals surface area contributed by atoms with Crippen LogP contribution in [0.15, 0.2) is 41.7 Å². The molecule has 1 fully saturated rings. The van der Waals surface area contributed by atoms with Crippen molar-refractivity contribution in [3.8, 4) is 0 Å². The number of nitrogens with one attached hydrogen (secondary N) is 2. The molecular formula is C21H20Cl2N4O6S. The third-order valence-electron chi connectivity index (χ3n) is 5.16. The Morgan fingerprint density at radius 1 is 1.32 bits per heavy atom. The van der Waals surface area contributed by atoms with Crippen LogP contribution < -0.4 is 10.6 Å². The second-order valence-electron chi connectivity index (χ2n) is 7.37. The smallest absolute Gasteiger partial charge is 0.352 e. The van der Waals surface area contributed by atoms with Gasteiger partial charge in [-0.15, -0.1) is 24.2 Å². The van der Waals surface area contributed by atoms with E-state index in [0.29, 0.717) is 21.8 Å². The Morgan fingerprint density at radius 3 is 2.79 bits per heavy atom. The minimum atomic E-state index is -1.29. The average Bonchev–Trinajstić information content (AvgIpc) is 2.78. The monoisotopic (exact) mass is 526 g/mol. The number of nitrogens with zero attached hydrogens (tertiary/aromatic N) is 2. The second kappa shape index (κ2) is 10.5. The molecule has 10 nitrogen and oxygen atoms in total. The van der Waals surface area contributed by atoms with Gasteiger partial charge in [0.2, 0.25) is 5.91 Å². The number of ether oxygens (including phenoxy) is 1. The number of pyridine rings is 1. The maximum Gasteiger partial charge on any atom is 0.352 e. The molecular weight excluding hydrogens is 507 g/mol. The molecule has 0 saturated carbocycles. The van der Waals surface area contributed by atoms with Crippen molar-refractivity contribution in [1.82, 2.24) is 15.2 Å². The molecule has 180 valence electrons. The molecule has 2 aliphatic heterocycles. The Morgan fingerprint density at radius 2 is 2.09 bits per heavy atom. The molecule has 3 heterocycles. The van der Waals surface area contributed by atoms with Crippen LogP contribution in [-0.2, 0) is 23.9 Å². The number of carbonyl (C=O) groups excluding carboxylic acids is 3. The van der Waals surface area contributed by atoms with E-state index in [1.807, 2.05) is 0 Å². The van der Waals surface area contributed by atoms with Crippen LogP contribution >= 0.6 is 35.8 Å². The highest BCUT2D eigenvalue weighted by Crippen LogP contribution is 2.40. The van der Waals surface area contributed by atoms with Gasteiger partial charge in [-0.05, 0) is 24.3 Å². The number of esters is 1. The number of halogens is 2. The van der Waals surface area contributed by atoms with Crippen LogP contribution in [0.3, 0.4) is 0 Å². The highest BCUT2D eigenvalue weighted by Gasteiger charge is 2.54. The van der Waals surface area contributed by atoms with Crippen LogP contribution in [0, 0.1) is 0 Å². The molecule has 1 saturated heterocycles. The van der Waals surface area contributed by atoms with E-state index in [2.05, 4.69) is 15.6 Å². The Hall–Kier alpha value is -3.02. The third kappa shape index (κ3) is 5.06. The lowest BCUT2D eigenvalue weighted by molar-refractivity contribution is -0.150. The van der Waals surface area contributed by atoms with Gasteiger partial charge in [-0.2, -0.15) is 0 Å². The molecule has 13 heteroatoms. The zero-order valence-electron chi connectivity index (χ0n) is 17.7. The lowest BCUT2D eigenvalue weighted by Gasteiger charge is -2.49. The van der Waals surface area contributed by atoms with Gasteiger partial charge >= 0.3 is 11.9 Å². The number of aliphatic carboxylic acids is 1. The van der Waals surface area contributed by atoms with E-state index in [-0.39, 0.29) is 37.0 Å². The van der Waals surface area contributed by atoms with E-state index in [1.165, 1.54) is 18.7 Å². The Labute approximate surface area is 209 Å². The minimum absolute atomic E-state index is 0. The molecule has 2 amide bonds. The molecule has 2 aromatic rings. The predicted molar refractivity (Wildman–Crippen MR) is 129 cm³/mol. The molecule has 1 aromatic carbocycles. The molecule has 0 bridgehead atoms. The van der Waals surface area contributed by atoms with Gasteiger partial charge in [-0.1, -0.05) is 11.6 Å². The summed E-state index contributed by atoms with van der Waals surface area (Å²) in [7, 11) is 0. The van der Waals surface area contributed by atoms with E-state index in [9.17, 15) is 24.3 Å². The standard InChI is InChI=1S/C21H19ClN4O6S.ClH/c1-10(27)32-8-11-9-33-20-17(19(29)26(20)18(11)21(30)31)25-16(28)7-24-14-4-5-23-15-6-12(22)2-3-13(14)15;/h2-6,17,20H,7-9H2,1H3,(H,23,24)(H,25,28)(H,30,31);1H/t17-,20-;/m1./s1. The van der Waals surface area contributed by atoms with Crippen molar-refractivity contribution in [3.63, 3.8) is 0 Å². The Balaban J connectivity index is 0.00000324. The van der Waals surface area contributed by atoms with E-state index in [1.54, 1.807) is 30.5 Å². The van der Waals surface area contributed by atoms with Crippen molar-refractivity contribution in [2.75, 3.05) is 24.2 Å². The quantitative estimate of drug-likeness (QED) is 0.365. The summed E-state index contributed by atoms with van der Waals surface area (Å²) in [5.41, 5.74) is 1.50. The molecule has 3 N–H and O–H groups in total. The SMILES string of the molecule is CC(=O)OCC1=C(C(=O)O)N2C(=O)[C@@H](NC(=O)CNc3ccnc4cc(Cl)ccc34)[C@H]2SC1.Cl. The summed E-state index contributed by atoms with van der Waals surface area (Å²) in [5.74, 6) is -2.51. The molecule has 2 aliphatic rings. The lowest BCUT2D eigenvalue weighted by atomic mass is 10.0. The van der Waals surface area contributed by atoms with Gasteiger partial charge in [0.05, 0.1) is 12.1 Å². The van der Waals surface area contributed by atoms with Gasteiger partial charge in [-0.3, -0.25) is 24.3 Å². The summed E-state index contributed by atoms with van der Waals surface area (Å²) < 4.78 is 4.91. The number of amides is 2. The fourth-order valence-corrected chi connectivity index (χ4v) is 5.15. The first kappa shape index (κ1) is 25.6. The molecule has 1 aromatic heterocycles. The summed E-state index contributed by atoms with van der Waals surface area (Å²) in [4.78, 5) is 53.4. The maximum absolute atomic E-state index is 12.7. The first-order valence-corrected chi connectivity index (χ1v) is 11.3. The number of benzene rings is 1. The lowest BCUT2D eigenvalue weighted by Crippen LogP contribution is -2.71. The van der Waals surface area contributed by atoms with Crippen LogP contribution in [0.1, 0.15) is 6.92 Å². The van der Waals surface area contributed by atoms with Gasteiger partial charge < -0.3 is 20.5 Å². The second-order valence-corrected chi connectivity index (χ2v) is 8.91. The summed E-state index contributed by atoms with van der Waals surface area (Å²) in [5, 5.41) is 16.1. The van der Waals surface area contributed by atoms with Gasteiger partial charge in [0.15, 0.2) is 0 Å². The molecule has 0 spiro atoms. The van der Waals surface area contributed by atoms with Crippen molar-refractivity contribution in [1.29, 1.82) is 0 Å². The molecule has 0 unspecified atom stereocenters. The summed E-state index contributed by atoms with van der Waals surface area (Å²) in [6, 6.07) is 6.12. The molecule has 34 heavy (non-hydrogen) atoms. The summed E-state index contributed by atoms with van der Waals surface area (Å²) in [6.45, 7) is 0.923. The fraction of sp³-hybridized carbons (Fsp3) is 0.286. The zero-order valence-corrected chi connectivity index (χ0v) is 20.1. The van der Waals surface area contributed by atoms with Gasteiger partial charge in [0.1, 0.15) is 23.7 Å². The van der Waals surface area contributed by atoms with E-state index >= 15 is 0 Å². The first-order valence-electron chi connectivity index (χ1n) is 9.87. The van der Waals surface area contributed by atoms with Crippen molar-refractivity contribution in [2.45, 2.75) is 18.3 Å². The average molecular weight is 527 g/mol. The summed E-state index contributed by atoms with van der Waals surface area (Å²) in [6.07, 6.45) is 1.60. The molecule has 0 radical (unpaired) electrons. The van der Waals surface area contributed by atoms with Crippen LogP contribution in [-0.4, -0.2) is 69.1 Å². The Kier molecular flexibility index (Phi) is 7.90. The zero-order chi connectivity index (χ0) is 23.7.